The minimum atomic E-state index is -1.94. The van der Waals surface area contributed by atoms with E-state index < -0.39 is 58.8 Å². The van der Waals surface area contributed by atoms with Crippen molar-refractivity contribution >= 4 is 45.7 Å². The molecule has 5 heterocycles. The Bertz CT molecular complexity index is 2630. The number of morpholine rings is 1. The van der Waals surface area contributed by atoms with Crippen molar-refractivity contribution in [2.24, 2.45) is 5.41 Å². The Hall–Kier alpha value is -5.52. The van der Waals surface area contributed by atoms with E-state index in [2.05, 4.69) is 35.5 Å². The summed E-state index contributed by atoms with van der Waals surface area (Å²) in [5, 5.41) is 30.5. The number of aromatic nitrogens is 5. The van der Waals surface area contributed by atoms with Gasteiger partial charge in [0.1, 0.15) is 6.04 Å². The summed E-state index contributed by atoms with van der Waals surface area (Å²) in [4.78, 5) is 49.5. The van der Waals surface area contributed by atoms with Crippen LogP contribution < -0.4 is 25.6 Å². The van der Waals surface area contributed by atoms with Crippen LogP contribution in [0.3, 0.4) is 0 Å². The average molecular weight is 1040 g/mol. The molecule has 1 aliphatic carbocycles. The number of alkyl halides is 1. The molecule has 2 unspecified atom stereocenters. The molecule has 2 saturated heterocycles. The Morgan fingerprint density at radius 1 is 1.06 bits per heavy atom. The standard InChI is InChI=1S/C50H63F3N10O7S2/c1-31-25-57-72-44(31)33-9-7-32(8-10-33)39(55-30-69-28-35-23-36(64)27-62(35)46(66)45(49(2,3)4)59-47(67)50(53)14-15-50)24-41(65)54-16-5-6-17-63-34(26-56-60-63)13-20-70-43-37(11-12-38(51)42(43)52)40-29-71-48(58-40)61-18-21-68-22-19-61/h7-12,25-26,29,35-36,39,45,55,64H,5-6,13-24,27-28,30H2,1-4H3,(H,54,65)(H,59,67)/t35?,36-,39?,45-/m1/s1. The van der Waals surface area contributed by atoms with Crippen LogP contribution in [0, 0.1) is 24.0 Å². The lowest BCUT2D eigenvalue weighted by Gasteiger charge is -2.36. The van der Waals surface area contributed by atoms with Crippen LogP contribution in [0.1, 0.15) is 82.2 Å². The molecule has 22 heteroatoms. The number of nitrogens with one attached hydrogen (secondary N) is 3. The van der Waals surface area contributed by atoms with Crippen molar-refractivity contribution in [1.82, 2.24) is 45.2 Å². The van der Waals surface area contributed by atoms with Gasteiger partial charge in [0.2, 0.25) is 17.6 Å². The van der Waals surface area contributed by atoms with Crippen LogP contribution in [0.25, 0.3) is 21.7 Å². The number of nitrogens with zero attached hydrogens (tertiary/aromatic N) is 7. The lowest BCUT2D eigenvalue weighted by atomic mass is 9.85. The maximum absolute atomic E-state index is 15.2. The van der Waals surface area contributed by atoms with Gasteiger partial charge in [-0.2, -0.15) is 4.39 Å². The molecule has 1 saturated carbocycles. The number of hydrogen-bond acceptors (Lipinski definition) is 15. The third kappa shape index (κ3) is 13.2. The Labute approximate surface area is 425 Å². The van der Waals surface area contributed by atoms with Gasteiger partial charge >= 0.3 is 0 Å². The third-order valence-electron chi connectivity index (χ3n) is 13.1. The van der Waals surface area contributed by atoms with Gasteiger partial charge in [-0.1, -0.05) is 50.3 Å². The van der Waals surface area contributed by atoms with Gasteiger partial charge < -0.3 is 39.8 Å². The first-order valence-electron chi connectivity index (χ1n) is 24.4. The zero-order chi connectivity index (χ0) is 51.0. The summed E-state index contributed by atoms with van der Waals surface area (Å²) in [5.41, 5.74) is 1.87. The van der Waals surface area contributed by atoms with Crippen molar-refractivity contribution in [3.05, 3.63) is 82.6 Å². The van der Waals surface area contributed by atoms with Crippen LogP contribution in [0.2, 0.25) is 0 Å². The molecule has 17 nitrogen and oxygen atoms in total. The molecule has 4 atom stereocenters. The molecule has 2 aromatic carbocycles. The van der Waals surface area contributed by atoms with Crippen molar-refractivity contribution in [3.63, 3.8) is 0 Å². The monoisotopic (exact) mass is 1040 g/mol. The number of anilines is 1. The van der Waals surface area contributed by atoms with Gasteiger partial charge in [-0.3, -0.25) is 19.7 Å². The van der Waals surface area contributed by atoms with Gasteiger partial charge in [0.15, 0.2) is 22.4 Å². The summed E-state index contributed by atoms with van der Waals surface area (Å²) in [6.07, 6.45) is 4.89. The van der Waals surface area contributed by atoms with Crippen molar-refractivity contribution in [1.29, 1.82) is 0 Å². The van der Waals surface area contributed by atoms with Gasteiger partial charge in [-0.05, 0) is 84.8 Å². The number of halogens is 3. The van der Waals surface area contributed by atoms with E-state index in [1.165, 1.54) is 33.8 Å². The molecule has 5 aromatic rings. The van der Waals surface area contributed by atoms with Crippen molar-refractivity contribution < 1.29 is 46.9 Å². The van der Waals surface area contributed by atoms with E-state index in [9.17, 15) is 28.3 Å². The fourth-order valence-electron chi connectivity index (χ4n) is 8.78. The molecule has 3 amide bonds. The Morgan fingerprint density at radius 3 is 2.56 bits per heavy atom. The SMILES string of the molecule is Cc1cnsc1-c1ccc(C(CC(=O)NCCCCn2nncc2CCOc2c(-c3csc(N4CCOCC4)n3)ccc(F)c2F)NCOCC2C[C@@H](O)CN2C(=O)[C@@H](NC(=O)C2(F)CC2)C(C)(C)C)cc1. The fourth-order valence-corrected chi connectivity index (χ4v) is 10.4. The smallest absolute Gasteiger partial charge is 0.258 e. The normalized spacial score (nSPS) is 18.5. The molecule has 72 heavy (non-hydrogen) atoms. The highest BCUT2D eigenvalue weighted by atomic mass is 32.1. The molecule has 3 aromatic heterocycles. The second-order valence-corrected chi connectivity index (χ2v) is 21.3. The van der Waals surface area contributed by atoms with Crippen LogP contribution in [-0.2, 0) is 36.8 Å². The number of carbonyl (C=O) groups is 3. The molecular formula is C50H63F3N10O7S2. The number of aryl methyl sites for hydroxylation is 2. The van der Waals surface area contributed by atoms with Gasteiger partial charge in [-0.15, -0.1) is 16.4 Å². The van der Waals surface area contributed by atoms with Crippen LogP contribution >= 0.6 is 22.9 Å². The number of rotatable bonds is 23. The Kier molecular flexibility index (Phi) is 17.3. The molecular weight excluding hydrogens is 974 g/mol. The lowest BCUT2D eigenvalue weighted by Crippen LogP contribution is -2.57. The second kappa shape index (κ2) is 23.6. The molecule has 0 spiro atoms. The van der Waals surface area contributed by atoms with Gasteiger partial charge in [0.05, 0.1) is 67.8 Å². The highest BCUT2D eigenvalue weighted by molar-refractivity contribution is 7.14. The second-order valence-electron chi connectivity index (χ2n) is 19.7. The predicted octanol–water partition coefficient (Wildman–Crippen LogP) is 6.16. The highest BCUT2D eigenvalue weighted by Gasteiger charge is 2.53. The zero-order valence-corrected chi connectivity index (χ0v) is 42.6. The summed E-state index contributed by atoms with van der Waals surface area (Å²) >= 11 is 2.84. The lowest BCUT2D eigenvalue weighted by molar-refractivity contribution is -0.142. The maximum Gasteiger partial charge on any atom is 0.258 e. The van der Waals surface area contributed by atoms with Gasteiger partial charge in [0, 0.05) is 68.7 Å². The van der Waals surface area contributed by atoms with Crippen LogP contribution in [0.4, 0.5) is 18.3 Å². The van der Waals surface area contributed by atoms with Crippen molar-refractivity contribution in [2.75, 3.05) is 64.2 Å². The molecule has 3 aliphatic rings. The number of aliphatic hydroxyl groups excluding tert-OH is 1. The Balaban J connectivity index is 0.820. The Morgan fingerprint density at radius 2 is 1.83 bits per heavy atom. The largest absolute Gasteiger partial charge is 0.489 e. The number of unbranched alkanes of at least 4 members (excludes halogenated alkanes) is 1. The predicted molar refractivity (Wildman–Crippen MR) is 266 cm³/mol. The molecule has 0 radical (unpaired) electrons. The third-order valence-corrected chi connectivity index (χ3v) is 15.0. The molecule has 388 valence electrons. The molecule has 0 bridgehead atoms. The van der Waals surface area contributed by atoms with E-state index >= 15 is 4.39 Å². The number of amides is 3. The number of aliphatic hydroxyl groups is 1. The fraction of sp³-hybridized carbons (Fsp3) is 0.540. The maximum atomic E-state index is 15.2. The summed E-state index contributed by atoms with van der Waals surface area (Å²) in [6, 6.07) is 8.53. The summed E-state index contributed by atoms with van der Waals surface area (Å²) in [7, 11) is 0. The van der Waals surface area contributed by atoms with Crippen LogP contribution in [0.15, 0.2) is 54.2 Å². The van der Waals surface area contributed by atoms with E-state index in [0.717, 1.165) is 38.5 Å². The van der Waals surface area contributed by atoms with E-state index in [-0.39, 0.29) is 63.8 Å². The number of likely N-dealkylation sites (tertiary alicyclic amines) is 1. The molecule has 2 aliphatic heterocycles. The molecule has 4 N–H and O–H groups in total. The van der Waals surface area contributed by atoms with Gasteiger partial charge in [0.25, 0.3) is 5.91 Å². The van der Waals surface area contributed by atoms with Crippen molar-refractivity contribution in [2.45, 2.75) is 109 Å². The first-order valence-corrected chi connectivity index (χ1v) is 26.1. The summed E-state index contributed by atoms with van der Waals surface area (Å²) in [5.74, 6) is -3.68. The minimum Gasteiger partial charge on any atom is -0.489 e. The van der Waals surface area contributed by atoms with Crippen LogP contribution in [-0.4, -0.2) is 135 Å². The first-order chi connectivity index (χ1) is 34.6. The number of hydrogen-bond donors (Lipinski definition) is 4. The number of ether oxygens (including phenoxy) is 3. The molecule has 8 rings (SSSR count). The van der Waals surface area contributed by atoms with Gasteiger partial charge in [-0.25, -0.2) is 22.8 Å². The average Bonchev–Trinajstić information content (AvgIpc) is 3.85. The minimum absolute atomic E-state index is 0.0255. The van der Waals surface area contributed by atoms with E-state index in [1.807, 2.05) is 42.8 Å². The van der Waals surface area contributed by atoms with E-state index in [0.29, 0.717) is 69.9 Å². The summed E-state index contributed by atoms with van der Waals surface area (Å²) in [6.45, 7) is 11.1. The number of benzene rings is 2. The van der Waals surface area contributed by atoms with E-state index in [1.54, 1.807) is 31.6 Å². The topological polar surface area (TPSA) is 198 Å². The number of thiazole rings is 1. The quantitative estimate of drug-likeness (QED) is 0.0430. The summed E-state index contributed by atoms with van der Waals surface area (Å²) < 4.78 is 67.8. The first kappa shape index (κ1) is 52.8. The highest BCUT2D eigenvalue weighted by Crippen LogP contribution is 2.41. The van der Waals surface area contributed by atoms with E-state index in [4.69, 9.17) is 19.2 Å². The number of carbonyl (C=O) groups excluding carboxylic acids is 3. The zero-order valence-electron chi connectivity index (χ0n) is 41.0. The number of β-amino-alcohol motifs (C(OH)–C–C–N with tert-alkyl or cyclic N) is 1. The van der Waals surface area contributed by atoms with Crippen molar-refractivity contribution in [3.8, 4) is 27.4 Å². The molecule has 3 fully saturated rings. The van der Waals surface area contributed by atoms with Crippen LogP contribution in [0.5, 0.6) is 5.75 Å².